The largest absolute Gasteiger partial charge is 0.395 e. The molecule has 2 fully saturated rings. The molecule has 0 radical (unpaired) electrons. The summed E-state index contributed by atoms with van der Waals surface area (Å²) in [4.78, 5) is 13.7. The molecule has 18 heavy (non-hydrogen) atoms. The van der Waals surface area contributed by atoms with Crippen LogP contribution in [0.2, 0.25) is 0 Å². The molecule has 1 aromatic rings. The molecule has 3 rings (SSSR count). The molecule has 1 amide bonds. The van der Waals surface area contributed by atoms with E-state index >= 15 is 0 Å². The van der Waals surface area contributed by atoms with Gasteiger partial charge >= 0.3 is 0 Å². The lowest BCUT2D eigenvalue weighted by molar-refractivity contribution is -0.211. The van der Waals surface area contributed by atoms with Crippen molar-refractivity contribution in [3.8, 4) is 0 Å². The van der Waals surface area contributed by atoms with Gasteiger partial charge in [-0.2, -0.15) is 0 Å². The van der Waals surface area contributed by atoms with E-state index in [1.165, 1.54) is 0 Å². The van der Waals surface area contributed by atoms with Gasteiger partial charge in [-0.3, -0.25) is 4.79 Å². The highest BCUT2D eigenvalue weighted by molar-refractivity contribution is 5.91. The quantitative estimate of drug-likeness (QED) is 0.723. The van der Waals surface area contributed by atoms with Crippen LogP contribution in [0.15, 0.2) is 30.3 Å². The van der Waals surface area contributed by atoms with Gasteiger partial charge in [-0.05, 0) is 5.56 Å². The number of hydrogen-bond acceptors (Lipinski definition) is 4. The number of ether oxygens (including phenoxy) is 1. The third-order valence-corrected chi connectivity index (χ3v) is 3.85. The van der Waals surface area contributed by atoms with Crippen LogP contribution in [-0.4, -0.2) is 46.6 Å². The number of benzene rings is 1. The lowest BCUT2D eigenvalue weighted by atomic mass is 9.74. The van der Waals surface area contributed by atoms with E-state index < -0.39 is 17.7 Å². The molecular formula is C13H15NO4. The van der Waals surface area contributed by atoms with Gasteiger partial charge in [-0.1, -0.05) is 30.3 Å². The number of nitrogens with zero attached hydrogens (tertiary/aromatic N) is 1. The van der Waals surface area contributed by atoms with E-state index in [4.69, 9.17) is 4.74 Å². The second kappa shape index (κ2) is 4.05. The fourth-order valence-corrected chi connectivity index (χ4v) is 2.75. The molecule has 5 nitrogen and oxygen atoms in total. The molecule has 0 bridgehead atoms. The monoisotopic (exact) mass is 249 g/mol. The molecule has 2 N–H and O–H groups in total. The van der Waals surface area contributed by atoms with E-state index in [1.54, 1.807) is 4.90 Å². The van der Waals surface area contributed by atoms with E-state index in [0.29, 0.717) is 6.54 Å². The number of rotatable bonds is 3. The van der Waals surface area contributed by atoms with E-state index in [9.17, 15) is 15.0 Å². The molecule has 5 heteroatoms. The van der Waals surface area contributed by atoms with Gasteiger partial charge in [-0.15, -0.1) is 0 Å². The highest BCUT2D eigenvalue weighted by Gasteiger charge is 2.68. The Hall–Kier alpha value is -1.43. The number of carbonyl (C=O) groups excluding carboxylic acids is 1. The third kappa shape index (κ3) is 1.35. The topological polar surface area (TPSA) is 70.0 Å². The summed E-state index contributed by atoms with van der Waals surface area (Å²) in [6.07, 6.45) is -1.42. The number of fused-ring (bicyclic) bond motifs is 1. The van der Waals surface area contributed by atoms with E-state index in [-0.39, 0.29) is 19.1 Å². The highest BCUT2D eigenvalue weighted by Crippen LogP contribution is 2.47. The van der Waals surface area contributed by atoms with Crippen LogP contribution in [0.1, 0.15) is 5.56 Å². The Morgan fingerprint density at radius 1 is 1.39 bits per heavy atom. The maximum Gasteiger partial charge on any atom is 0.240 e. The van der Waals surface area contributed by atoms with Crippen molar-refractivity contribution in [3.63, 3.8) is 0 Å². The maximum atomic E-state index is 12.1. The van der Waals surface area contributed by atoms with Crippen molar-refractivity contribution < 1.29 is 19.7 Å². The average molecular weight is 249 g/mol. The van der Waals surface area contributed by atoms with Crippen molar-refractivity contribution in [1.82, 2.24) is 4.90 Å². The molecule has 2 heterocycles. The van der Waals surface area contributed by atoms with Gasteiger partial charge in [0.1, 0.15) is 5.41 Å². The normalized spacial score (nSPS) is 34.3. The smallest absolute Gasteiger partial charge is 0.240 e. The van der Waals surface area contributed by atoms with Gasteiger partial charge < -0.3 is 19.8 Å². The summed E-state index contributed by atoms with van der Waals surface area (Å²) < 4.78 is 5.41. The third-order valence-electron chi connectivity index (χ3n) is 3.85. The Balaban J connectivity index is 1.80. The number of aliphatic hydroxyl groups is 2. The Morgan fingerprint density at radius 3 is 2.78 bits per heavy atom. The lowest BCUT2D eigenvalue weighted by Crippen LogP contribution is -2.71. The van der Waals surface area contributed by atoms with Crippen molar-refractivity contribution in [2.24, 2.45) is 5.41 Å². The summed E-state index contributed by atoms with van der Waals surface area (Å²) in [6.45, 7) is 0.171. The summed E-state index contributed by atoms with van der Waals surface area (Å²) in [5.41, 5.74) is -0.128. The van der Waals surface area contributed by atoms with Gasteiger partial charge in [0, 0.05) is 6.54 Å². The minimum atomic E-state index is -1.13. The van der Waals surface area contributed by atoms with Crippen molar-refractivity contribution in [1.29, 1.82) is 0 Å². The molecule has 0 aliphatic carbocycles. The predicted molar refractivity (Wildman–Crippen MR) is 62.3 cm³/mol. The van der Waals surface area contributed by atoms with Crippen LogP contribution in [0.5, 0.6) is 0 Å². The van der Waals surface area contributed by atoms with Crippen LogP contribution < -0.4 is 0 Å². The maximum absolute atomic E-state index is 12.1. The summed E-state index contributed by atoms with van der Waals surface area (Å²) in [5, 5.41) is 19.2. The first kappa shape index (κ1) is 11.6. The van der Waals surface area contributed by atoms with Gasteiger partial charge in [-0.25, -0.2) is 0 Å². The second-order valence-corrected chi connectivity index (χ2v) is 4.82. The minimum Gasteiger partial charge on any atom is -0.395 e. The molecule has 3 atom stereocenters. The Kier molecular flexibility index (Phi) is 2.62. The zero-order valence-electron chi connectivity index (χ0n) is 9.82. The molecule has 0 spiro atoms. The molecule has 0 saturated carbocycles. The van der Waals surface area contributed by atoms with Crippen molar-refractivity contribution in [3.05, 3.63) is 35.9 Å². The van der Waals surface area contributed by atoms with Crippen molar-refractivity contribution >= 4 is 5.91 Å². The Bertz CT molecular complexity index is 463. The molecule has 2 aliphatic rings. The summed E-state index contributed by atoms with van der Waals surface area (Å²) in [5.74, 6) is -0.233. The van der Waals surface area contributed by atoms with Crippen LogP contribution >= 0.6 is 0 Å². The predicted octanol–water partition coefficient (Wildman–Crippen LogP) is -0.275. The SMILES string of the molecule is O=C1N(Cc2ccccc2)[C@@H]2OC[C@@H](O)[C@]12CO. The molecule has 2 aliphatic heterocycles. The van der Waals surface area contributed by atoms with E-state index in [0.717, 1.165) is 5.56 Å². The lowest BCUT2D eigenvalue weighted by Gasteiger charge is -2.51. The first-order valence-electron chi connectivity index (χ1n) is 5.95. The van der Waals surface area contributed by atoms with Crippen LogP contribution in [0.4, 0.5) is 0 Å². The first-order chi connectivity index (χ1) is 8.70. The zero-order chi connectivity index (χ0) is 12.8. The highest BCUT2D eigenvalue weighted by atomic mass is 16.5. The van der Waals surface area contributed by atoms with Crippen LogP contribution in [0, 0.1) is 5.41 Å². The van der Waals surface area contributed by atoms with Gasteiger partial charge in [0.15, 0.2) is 6.23 Å². The van der Waals surface area contributed by atoms with Gasteiger partial charge in [0.05, 0.1) is 19.3 Å². The molecule has 0 unspecified atom stereocenters. The second-order valence-electron chi connectivity index (χ2n) is 4.82. The molecular weight excluding hydrogens is 234 g/mol. The summed E-state index contributed by atoms with van der Waals surface area (Å²) in [6, 6.07) is 9.58. The number of amides is 1. The number of likely N-dealkylation sites (tertiary alicyclic amines) is 1. The summed E-state index contributed by atoms with van der Waals surface area (Å²) >= 11 is 0. The Labute approximate surface area is 105 Å². The minimum absolute atomic E-state index is 0.0995. The van der Waals surface area contributed by atoms with Crippen molar-refractivity contribution in [2.75, 3.05) is 13.2 Å². The van der Waals surface area contributed by atoms with E-state index in [1.807, 2.05) is 30.3 Å². The molecule has 0 aromatic heterocycles. The number of β-lactam (4-membered cyclic amide) rings is 1. The number of aliphatic hydroxyl groups excluding tert-OH is 2. The van der Waals surface area contributed by atoms with Gasteiger partial charge in [0.2, 0.25) is 5.91 Å². The first-order valence-corrected chi connectivity index (χ1v) is 5.95. The molecule has 2 saturated heterocycles. The fraction of sp³-hybridized carbons (Fsp3) is 0.462. The Morgan fingerprint density at radius 2 is 2.11 bits per heavy atom. The number of hydrogen-bond donors (Lipinski definition) is 2. The fourth-order valence-electron chi connectivity index (χ4n) is 2.75. The van der Waals surface area contributed by atoms with Gasteiger partial charge in [0.25, 0.3) is 0 Å². The van der Waals surface area contributed by atoms with Crippen LogP contribution in [0.3, 0.4) is 0 Å². The van der Waals surface area contributed by atoms with E-state index in [2.05, 4.69) is 0 Å². The average Bonchev–Trinajstić information content (AvgIpc) is 2.70. The summed E-state index contributed by atoms with van der Waals surface area (Å²) in [7, 11) is 0. The molecule has 1 aromatic carbocycles. The zero-order valence-corrected chi connectivity index (χ0v) is 9.82. The van der Waals surface area contributed by atoms with Crippen molar-refractivity contribution in [2.45, 2.75) is 18.9 Å². The van der Waals surface area contributed by atoms with Crippen LogP contribution in [-0.2, 0) is 16.1 Å². The number of carbonyl (C=O) groups is 1. The standard InChI is InChI=1S/C13H15NO4/c15-8-13-10(16)7-18-12(13)14(11(13)17)6-9-4-2-1-3-5-9/h1-5,10,12,15-16H,6-8H2/t10-,12-,13-/m1/s1. The van der Waals surface area contributed by atoms with Crippen LogP contribution in [0.25, 0.3) is 0 Å². The molecule has 96 valence electrons.